The normalized spacial score (nSPS) is 14.0. The number of thiophene rings is 1. The molecule has 1 aliphatic rings. The van der Waals surface area contributed by atoms with Crippen LogP contribution in [0.25, 0.3) is 0 Å². The molecule has 6 heteroatoms. The van der Waals surface area contributed by atoms with Gasteiger partial charge in [0.2, 0.25) is 0 Å². The van der Waals surface area contributed by atoms with Crippen LogP contribution in [0.15, 0.2) is 24.3 Å². The molecule has 5 nitrogen and oxygen atoms in total. The lowest BCUT2D eigenvalue weighted by Gasteiger charge is -2.26. The van der Waals surface area contributed by atoms with Gasteiger partial charge in [-0.3, -0.25) is 9.59 Å². The first-order chi connectivity index (χ1) is 12.5. The number of hydrogen-bond donors (Lipinski definition) is 1. The zero-order valence-corrected chi connectivity index (χ0v) is 15.8. The highest BCUT2D eigenvalue weighted by Crippen LogP contribution is 2.34. The summed E-state index contributed by atoms with van der Waals surface area (Å²) in [6.45, 7) is 5.23. The number of anilines is 1. The third kappa shape index (κ3) is 3.63. The molecule has 2 aromatic rings. The summed E-state index contributed by atoms with van der Waals surface area (Å²) in [7, 11) is 0. The SMILES string of the molecule is Cc1ccc(C(=O)Nc2sc(C(=O)N3CCCCC3)c(C)c2C#N)cc1. The summed E-state index contributed by atoms with van der Waals surface area (Å²) in [5, 5.41) is 12.7. The number of likely N-dealkylation sites (tertiary alicyclic amines) is 1. The highest BCUT2D eigenvalue weighted by Gasteiger charge is 2.26. The quantitative estimate of drug-likeness (QED) is 0.887. The van der Waals surface area contributed by atoms with Crippen molar-refractivity contribution in [3.05, 3.63) is 51.4 Å². The van der Waals surface area contributed by atoms with Crippen LogP contribution in [0.3, 0.4) is 0 Å². The van der Waals surface area contributed by atoms with Crippen LogP contribution in [0.4, 0.5) is 5.00 Å². The van der Waals surface area contributed by atoms with Gasteiger partial charge in [0.05, 0.1) is 10.4 Å². The largest absolute Gasteiger partial charge is 0.338 e. The smallest absolute Gasteiger partial charge is 0.264 e. The monoisotopic (exact) mass is 367 g/mol. The Morgan fingerprint density at radius 2 is 1.77 bits per heavy atom. The predicted octanol–water partition coefficient (Wildman–Crippen LogP) is 4.12. The van der Waals surface area contributed by atoms with Crippen molar-refractivity contribution in [3.63, 3.8) is 0 Å². The molecule has 2 heterocycles. The van der Waals surface area contributed by atoms with Crippen molar-refractivity contribution in [1.82, 2.24) is 4.90 Å². The average Bonchev–Trinajstić information content (AvgIpc) is 2.97. The van der Waals surface area contributed by atoms with E-state index in [4.69, 9.17) is 0 Å². The molecule has 2 amide bonds. The standard InChI is InChI=1S/C20H21N3O2S/c1-13-6-8-15(9-7-13)18(24)22-19-16(12-21)14(2)17(26-19)20(25)23-10-4-3-5-11-23/h6-9H,3-5,10-11H2,1-2H3,(H,22,24). The molecular weight excluding hydrogens is 346 g/mol. The van der Waals surface area contributed by atoms with Crippen molar-refractivity contribution in [2.24, 2.45) is 0 Å². The van der Waals surface area contributed by atoms with Crippen LogP contribution in [0.5, 0.6) is 0 Å². The third-order valence-corrected chi connectivity index (χ3v) is 5.83. The zero-order chi connectivity index (χ0) is 18.7. The summed E-state index contributed by atoms with van der Waals surface area (Å²) >= 11 is 1.19. The van der Waals surface area contributed by atoms with Crippen LogP contribution >= 0.6 is 11.3 Å². The number of aryl methyl sites for hydroxylation is 1. The molecule has 1 aliphatic heterocycles. The number of rotatable bonds is 3. The van der Waals surface area contributed by atoms with Crippen molar-refractivity contribution in [1.29, 1.82) is 5.26 Å². The highest BCUT2D eigenvalue weighted by molar-refractivity contribution is 7.18. The molecule has 3 rings (SSSR count). The molecule has 0 atom stereocenters. The Kier molecular flexibility index (Phi) is 5.38. The maximum absolute atomic E-state index is 12.8. The van der Waals surface area contributed by atoms with Crippen LogP contribution in [0, 0.1) is 25.2 Å². The molecule has 26 heavy (non-hydrogen) atoms. The number of hydrogen-bond acceptors (Lipinski definition) is 4. The number of piperidine rings is 1. The Labute approximate surface area is 157 Å². The lowest BCUT2D eigenvalue weighted by Crippen LogP contribution is -2.35. The summed E-state index contributed by atoms with van der Waals surface area (Å²) in [4.78, 5) is 27.7. The van der Waals surface area contributed by atoms with E-state index in [0.29, 0.717) is 26.6 Å². The summed E-state index contributed by atoms with van der Waals surface area (Å²) in [6, 6.07) is 9.36. The van der Waals surface area contributed by atoms with Gasteiger partial charge in [-0.05, 0) is 50.8 Å². The molecule has 1 aromatic heterocycles. The lowest BCUT2D eigenvalue weighted by atomic mass is 10.1. The molecule has 1 saturated heterocycles. The van der Waals surface area contributed by atoms with Gasteiger partial charge in [-0.25, -0.2) is 0 Å². The molecule has 0 bridgehead atoms. The second kappa shape index (κ2) is 7.71. The first-order valence-electron chi connectivity index (χ1n) is 8.72. The van der Waals surface area contributed by atoms with Gasteiger partial charge in [0.15, 0.2) is 0 Å². The summed E-state index contributed by atoms with van der Waals surface area (Å²) in [6.07, 6.45) is 3.17. The van der Waals surface area contributed by atoms with Gasteiger partial charge in [0.25, 0.3) is 11.8 Å². The van der Waals surface area contributed by atoms with Crippen molar-refractivity contribution >= 4 is 28.2 Å². The molecular formula is C20H21N3O2S. The fourth-order valence-corrected chi connectivity index (χ4v) is 4.18. The molecule has 134 valence electrons. The number of nitriles is 1. The minimum Gasteiger partial charge on any atom is -0.338 e. The third-order valence-electron chi connectivity index (χ3n) is 4.64. The Morgan fingerprint density at radius 3 is 2.38 bits per heavy atom. The topological polar surface area (TPSA) is 73.2 Å². The van der Waals surface area contributed by atoms with E-state index in [0.717, 1.165) is 37.9 Å². The fourth-order valence-electron chi connectivity index (χ4n) is 3.06. The summed E-state index contributed by atoms with van der Waals surface area (Å²) < 4.78 is 0. The van der Waals surface area contributed by atoms with Crippen LogP contribution in [-0.2, 0) is 0 Å². The lowest BCUT2D eigenvalue weighted by molar-refractivity contribution is 0.0728. The molecule has 0 saturated carbocycles. The Hall–Kier alpha value is -2.65. The van der Waals surface area contributed by atoms with E-state index in [2.05, 4.69) is 11.4 Å². The number of amides is 2. The van der Waals surface area contributed by atoms with E-state index in [1.54, 1.807) is 19.1 Å². The minimum absolute atomic E-state index is 0.0421. The predicted molar refractivity (Wildman–Crippen MR) is 103 cm³/mol. The van der Waals surface area contributed by atoms with Gasteiger partial charge in [-0.2, -0.15) is 5.26 Å². The Morgan fingerprint density at radius 1 is 1.12 bits per heavy atom. The maximum atomic E-state index is 12.8. The zero-order valence-electron chi connectivity index (χ0n) is 15.0. The van der Waals surface area contributed by atoms with Gasteiger partial charge in [-0.15, -0.1) is 11.3 Å². The summed E-state index contributed by atoms with van der Waals surface area (Å²) in [5.74, 6) is -0.320. The minimum atomic E-state index is -0.278. The van der Waals surface area contributed by atoms with Crippen LogP contribution in [0.1, 0.15) is 56.0 Å². The first kappa shape index (κ1) is 18.2. The second-order valence-electron chi connectivity index (χ2n) is 6.55. The summed E-state index contributed by atoms with van der Waals surface area (Å²) in [5.41, 5.74) is 2.61. The van der Waals surface area contributed by atoms with Gasteiger partial charge in [-0.1, -0.05) is 17.7 Å². The van der Waals surface area contributed by atoms with Gasteiger partial charge in [0.1, 0.15) is 11.1 Å². The fraction of sp³-hybridized carbons (Fsp3) is 0.350. The molecule has 0 spiro atoms. The average molecular weight is 367 g/mol. The second-order valence-corrected chi connectivity index (χ2v) is 7.57. The van der Waals surface area contributed by atoms with Crippen molar-refractivity contribution in [2.45, 2.75) is 33.1 Å². The van der Waals surface area contributed by atoms with E-state index in [1.807, 2.05) is 24.0 Å². The molecule has 1 aromatic carbocycles. The number of carbonyl (C=O) groups is 2. The molecule has 1 N–H and O–H groups in total. The van der Waals surface area contributed by atoms with Gasteiger partial charge >= 0.3 is 0 Å². The van der Waals surface area contributed by atoms with E-state index in [-0.39, 0.29) is 11.8 Å². The maximum Gasteiger partial charge on any atom is 0.264 e. The number of nitrogens with one attached hydrogen (secondary N) is 1. The van der Waals surface area contributed by atoms with Crippen LogP contribution in [0.2, 0.25) is 0 Å². The highest BCUT2D eigenvalue weighted by atomic mass is 32.1. The van der Waals surface area contributed by atoms with E-state index in [9.17, 15) is 14.9 Å². The molecule has 0 unspecified atom stereocenters. The van der Waals surface area contributed by atoms with E-state index >= 15 is 0 Å². The van der Waals surface area contributed by atoms with Crippen molar-refractivity contribution in [3.8, 4) is 6.07 Å². The Balaban J connectivity index is 1.85. The molecule has 1 fully saturated rings. The number of benzene rings is 1. The van der Waals surface area contributed by atoms with Gasteiger partial charge in [0, 0.05) is 18.7 Å². The molecule has 0 aliphatic carbocycles. The first-order valence-corrected chi connectivity index (χ1v) is 9.53. The number of nitrogens with zero attached hydrogens (tertiary/aromatic N) is 2. The van der Waals surface area contributed by atoms with E-state index in [1.165, 1.54) is 11.3 Å². The number of carbonyl (C=O) groups excluding carboxylic acids is 2. The van der Waals surface area contributed by atoms with E-state index < -0.39 is 0 Å². The van der Waals surface area contributed by atoms with Crippen LogP contribution < -0.4 is 5.32 Å². The molecule has 0 radical (unpaired) electrons. The Bertz CT molecular complexity index is 872. The van der Waals surface area contributed by atoms with Crippen LogP contribution in [-0.4, -0.2) is 29.8 Å². The van der Waals surface area contributed by atoms with Gasteiger partial charge < -0.3 is 10.2 Å². The van der Waals surface area contributed by atoms with Crippen molar-refractivity contribution < 1.29 is 9.59 Å². The van der Waals surface area contributed by atoms with Crippen molar-refractivity contribution in [2.75, 3.05) is 18.4 Å².